The van der Waals surface area contributed by atoms with Gasteiger partial charge in [-0.05, 0) is 25.5 Å². The van der Waals surface area contributed by atoms with E-state index in [-0.39, 0.29) is 30.1 Å². The molecule has 2 aliphatic rings. The summed E-state index contributed by atoms with van der Waals surface area (Å²) in [5, 5.41) is 0. The standard InChI is InChI=1S/C20H25N3O6/c1-2-28-20(27)22-12-10-21(11-13-22)18(25)14-29-19(26)15-6-3-4-7-16(15)23-9-5-8-17(23)24/h3-4,6-7H,2,5,8-14H2,1H3. The fourth-order valence-electron chi connectivity index (χ4n) is 3.43. The van der Waals surface area contributed by atoms with Gasteiger partial charge < -0.3 is 24.2 Å². The lowest BCUT2D eigenvalue weighted by Gasteiger charge is -2.33. The summed E-state index contributed by atoms with van der Waals surface area (Å²) in [5.41, 5.74) is 0.776. The highest BCUT2D eigenvalue weighted by atomic mass is 16.6. The van der Waals surface area contributed by atoms with Crippen LogP contribution < -0.4 is 4.90 Å². The van der Waals surface area contributed by atoms with Crippen LogP contribution in [0.4, 0.5) is 10.5 Å². The first-order chi connectivity index (χ1) is 14.0. The van der Waals surface area contributed by atoms with Crippen molar-refractivity contribution in [2.75, 3.05) is 50.8 Å². The molecule has 2 heterocycles. The Labute approximate surface area is 169 Å². The van der Waals surface area contributed by atoms with Crippen LogP contribution in [0.1, 0.15) is 30.1 Å². The van der Waals surface area contributed by atoms with Gasteiger partial charge in [0, 0.05) is 39.1 Å². The van der Waals surface area contributed by atoms with E-state index in [9.17, 15) is 19.2 Å². The number of nitrogens with zero attached hydrogens (tertiary/aromatic N) is 3. The molecule has 9 nitrogen and oxygen atoms in total. The zero-order chi connectivity index (χ0) is 20.8. The minimum absolute atomic E-state index is 0.0270. The van der Waals surface area contributed by atoms with Gasteiger partial charge in [-0.25, -0.2) is 9.59 Å². The highest BCUT2D eigenvalue weighted by Crippen LogP contribution is 2.26. The summed E-state index contributed by atoms with van der Waals surface area (Å²) >= 11 is 0. The van der Waals surface area contributed by atoms with Crippen LogP contribution in [0, 0.1) is 0 Å². The number of ether oxygens (including phenoxy) is 2. The molecule has 29 heavy (non-hydrogen) atoms. The van der Waals surface area contributed by atoms with Crippen molar-refractivity contribution in [1.82, 2.24) is 9.80 Å². The van der Waals surface area contributed by atoms with Crippen molar-refractivity contribution in [3.63, 3.8) is 0 Å². The Hall–Kier alpha value is -3.10. The van der Waals surface area contributed by atoms with E-state index in [2.05, 4.69) is 0 Å². The predicted octanol–water partition coefficient (Wildman–Crippen LogP) is 1.27. The average Bonchev–Trinajstić information content (AvgIpc) is 3.17. The van der Waals surface area contributed by atoms with Crippen LogP contribution in [0.25, 0.3) is 0 Å². The maximum Gasteiger partial charge on any atom is 0.409 e. The molecule has 2 saturated heterocycles. The molecule has 0 unspecified atom stereocenters. The van der Waals surface area contributed by atoms with Crippen molar-refractivity contribution < 1.29 is 28.7 Å². The minimum Gasteiger partial charge on any atom is -0.452 e. The van der Waals surface area contributed by atoms with Crippen molar-refractivity contribution in [2.24, 2.45) is 0 Å². The SMILES string of the molecule is CCOC(=O)N1CCN(C(=O)COC(=O)c2ccccc2N2CCCC2=O)CC1. The molecule has 156 valence electrons. The molecule has 0 N–H and O–H groups in total. The average molecular weight is 403 g/mol. The second-order valence-corrected chi connectivity index (χ2v) is 6.81. The molecular formula is C20H25N3O6. The third-order valence-electron chi connectivity index (χ3n) is 4.97. The lowest BCUT2D eigenvalue weighted by Crippen LogP contribution is -2.51. The van der Waals surface area contributed by atoms with Crippen LogP contribution in [0.5, 0.6) is 0 Å². The van der Waals surface area contributed by atoms with Gasteiger partial charge in [-0.3, -0.25) is 9.59 Å². The molecule has 1 aromatic carbocycles. The van der Waals surface area contributed by atoms with Gasteiger partial charge in [0.25, 0.3) is 5.91 Å². The molecule has 3 amide bonds. The van der Waals surface area contributed by atoms with Gasteiger partial charge in [-0.1, -0.05) is 12.1 Å². The van der Waals surface area contributed by atoms with E-state index in [1.807, 2.05) is 0 Å². The van der Waals surface area contributed by atoms with Gasteiger partial charge in [0.15, 0.2) is 6.61 Å². The Morgan fingerprint density at radius 1 is 0.966 bits per heavy atom. The summed E-state index contributed by atoms with van der Waals surface area (Å²) in [4.78, 5) is 53.3. The van der Waals surface area contributed by atoms with Gasteiger partial charge in [0.2, 0.25) is 5.91 Å². The number of rotatable bonds is 5. The second kappa shape index (κ2) is 9.40. The van der Waals surface area contributed by atoms with Crippen molar-refractivity contribution in [3.8, 4) is 0 Å². The molecule has 0 aliphatic carbocycles. The lowest BCUT2D eigenvalue weighted by molar-refractivity contribution is -0.136. The second-order valence-electron chi connectivity index (χ2n) is 6.81. The zero-order valence-electron chi connectivity index (χ0n) is 16.5. The molecule has 0 saturated carbocycles. The highest BCUT2D eigenvalue weighted by Gasteiger charge is 2.28. The number of anilines is 1. The first-order valence-electron chi connectivity index (χ1n) is 9.77. The number of hydrogen-bond donors (Lipinski definition) is 0. The maximum atomic E-state index is 12.5. The van der Waals surface area contributed by atoms with Crippen LogP contribution >= 0.6 is 0 Å². The van der Waals surface area contributed by atoms with Gasteiger partial charge in [-0.2, -0.15) is 0 Å². The first-order valence-corrected chi connectivity index (χ1v) is 9.77. The van der Waals surface area contributed by atoms with E-state index in [4.69, 9.17) is 9.47 Å². The molecule has 2 aliphatic heterocycles. The molecule has 0 aromatic heterocycles. The monoisotopic (exact) mass is 403 g/mol. The highest BCUT2D eigenvalue weighted by molar-refractivity contribution is 6.03. The van der Waals surface area contributed by atoms with Crippen molar-refractivity contribution in [2.45, 2.75) is 19.8 Å². The van der Waals surface area contributed by atoms with E-state index in [0.29, 0.717) is 51.4 Å². The van der Waals surface area contributed by atoms with Crippen LogP contribution in [0.3, 0.4) is 0 Å². The lowest BCUT2D eigenvalue weighted by atomic mass is 10.1. The molecular weight excluding hydrogens is 378 g/mol. The Morgan fingerprint density at radius 3 is 2.31 bits per heavy atom. The number of para-hydroxylation sites is 1. The molecule has 1 aromatic rings. The molecule has 0 spiro atoms. The zero-order valence-corrected chi connectivity index (χ0v) is 16.5. The van der Waals surface area contributed by atoms with Crippen molar-refractivity contribution in [3.05, 3.63) is 29.8 Å². The van der Waals surface area contributed by atoms with Gasteiger partial charge in [0.05, 0.1) is 17.9 Å². The Bertz CT molecular complexity index is 788. The topological polar surface area (TPSA) is 96.5 Å². The largest absolute Gasteiger partial charge is 0.452 e. The molecule has 2 fully saturated rings. The summed E-state index contributed by atoms with van der Waals surface area (Å²) in [5.74, 6) is -0.990. The number of hydrogen-bond acceptors (Lipinski definition) is 6. The third-order valence-corrected chi connectivity index (χ3v) is 4.97. The van der Waals surface area contributed by atoms with Crippen LogP contribution in [0.15, 0.2) is 24.3 Å². The Kier molecular flexibility index (Phi) is 6.69. The first kappa shape index (κ1) is 20.6. The van der Waals surface area contributed by atoms with E-state index in [1.54, 1.807) is 45.9 Å². The molecule has 3 rings (SSSR count). The van der Waals surface area contributed by atoms with Crippen molar-refractivity contribution in [1.29, 1.82) is 0 Å². The summed E-state index contributed by atoms with van der Waals surface area (Å²) in [6.07, 6.45) is 0.817. The van der Waals surface area contributed by atoms with Crippen molar-refractivity contribution >= 4 is 29.6 Å². The Balaban J connectivity index is 1.53. The normalized spacial score (nSPS) is 16.7. The fraction of sp³-hybridized carbons (Fsp3) is 0.500. The molecule has 0 radical (unpaired) electrons. The van der Waals surface area contributed by atoms with E-state index >= 15 is 0 Å². The number of carbonyl (C=O) groups excluding carboxylic acids is 4. The van der Waals surface area contributed by atoms with Gasteiger partial charge >= 0.3 is 12.1 Å². The fourth-order valence-corrected chi connectivity index (χ4v) is 3.43. The predicted molar refractivity (Wildman–Crippen MR) is 103 cm³/mol. The van der Waals surface area contributed by atoms with E-state index < -0.39 is 5.97 Å². The summed E-state index contributed by atoms with van der Waals surface area (Å²) in [7, 11) is 0. The molecule has 9 heteroatoms. The minimum atomic E-state index is -0.640. The molecule has 0 atom stereocenters. The van der Waals surface area contributed by atoms with Gasteiger partial charge in [0.1, 0.15) is 0 Å². The van der Waals surface area contributed by atoms with Crippen LogP contribution in [0.2, 0.25) is 0 Å². The Morgan fingerprint density at radius 2 is 1.66 bits per heavy atom. The number of carbonyl (C=O) groups is 4. The molecule has 0 bridgehead atoms. The van der Waals surface area contributed by atoms with Crippen LogP contribution in [-0.4, -0.2) is 79.6 Å². The third kappa shape index (κ3) is 4.85. The number of amides is 3. The quantitative estimate of drug-likeness (QED) is 0.687. The van der Waals surface area contributed by atoms with Gasteiger partial charge in [-0.15, -0.1) is 0 Å². The number of benzene rings is 1. The number of piperazine rings is 1. The van der Waals surface area contributed by atoms with Crippen LogP contribution in [-0.2, 0) is 19.1 Å². The number of esters is 1. The summed E-state index contributed by atoms with van der Waals surface area (Å²) < 4.78 is 10.2. The summed E-state index contributed by atoms with van der Waals surface area (Å²) in [6, 6.07) is 6.74. The smallest absolute Gasteiger partial charge is 0.409 e. The summed E-state index contributed by atoms with van der Waals surface area (Å²) in [6.45, 7) is 3.68. The van der Waals surface area contributed by atoms with E-state index in [0.717, 1.165) is 6.42 Å². The maximum absolute atomic E-state index is 12.5. The van der Waals surface area contributed by atoms with E-state index in [1.165, 1.54) is 0 Å².